The zero-order valence-electron chi connectivity index (χ0n) is 22.5. The Labute approximate surface area is 242 Å². The summed E-state index contributed by atoms with van der Waals surface area (Å²) >= 11 is 2.60. The average molecular weight is 620 g/mol. The van der Waals surface area contributed by atoms with Crippen LogP contribution in [0.15, 0.2) is 23.2 Å². The normalized spacial score (nSPS) is 19.2. The predicted molar refractivity (Wildman–Crippen MR) is 143 cm³/mol. The van der Waals surface area contributed by atoms with E-state index in [9.17, 15) is 20.2 Å². The van der Waals surface area contributed by atoms with Gasteiger partial charge in [-0.1, -0.05) is 0 Å². The second-order valence-corrected chi connectivity index (χ2v) is 11.7. The standard InChI is InChI=1S/2C10H14N3O2S.Mn.2N3/c2*1-9(2)10(3,4)13(15)8(12(9)14)7-11-5-6-16-7;;2*1-3-2/h2*5-6H,1-4H3;;;/q2*+1;;2*-1. The zero-order chi connectivity index (χ0) is 29.7. The van der Waals surface area contributed by atoms with Crippen LogP contribution in [-0.2, 0) is 17.1 Å². The first kappa shape index (κ1) is 35.5. The van der Waals surface area contributed by atoms with Gasteiger partial charge < -0.3 is 32.5 Å². The van der Waals surface area contributed by atoms with Crippen molar-refractivity contribution in [1.29, 1.82) is 0 Å². The number of hydrogen-bond acceptors (Lipinski definition) is 8. The molecule has 2 aromatic rings. The van der Waals surface area contributed by atoms with Gasteiger partial charge >= 0.3 is 11.7 Å². The van der Waals surface area contributed by atoms with Crippen LogP contribution >= 0.6 is 22.7 Å². The van der Waals surface area contributed by atoms with Gasteiger partial charge in [0.25, 0.3) is 21.1 Å². The van der Waals surface area contributed by atoms with Gasteiger partial charge in [-0.25, -0.2) is 9.97 Å². The van der Waals surface area contributed by atoms with Gasteiger partial charge in [0.05, 0.1) is 0 Å². The Morgan fingerprint density at radius 3 is 1.08 bits per heavy atom. The van der Waals surface area contributed by atoms with Gasteiger partial charge in [-0.2, -0.15) is 0 Å². The van der Waals surface area contributed by atoms with Gasteiger partial charge in [-0.05, 0) is 0 Å². The van der Waals surface area contributed by atoms with Crippen LogP contribution in [0.3, 0.4) is 0 Å². The van der Waals surface area contributed by atoms with E-state index in [4.69, 9.17) is 22.1 Å². The van der Waals surface area contributed by atoms with Crippen LogP contribution in [0, 0.1) is 20.2 Å². The van der Waals surface area contributed by atoms with Gasteiger partial charge in [0.1, 0.15) is 9.52 Å². The molecular weight excluding hydrogens is 591 g/mol. The number of rotatable bonds is 2. The van der Waals surface area contributed by atoms with Crippen molar-refractivity contribution < 1.29 is 36.1 Å². The summed E-state index contributed by atoms with van der Waals surface area (Å²) in [6.45, 7) is 14.2. The second kappa shape index (κ2) is 13.1. The topological polar surface area (TPSA) is 235 Å². The molecule has 0 N–H and O–H groups in total. The molecular formula is C20H28MnN12O4S2. The van der Waals surface area contributed by atoms with Crippen LogP contribution in [0.25, 0.3) is 31.9 Å². The zero-order valence-corrected chi connectivity index (χ0v) is 25.3. The van der Waals surface area contributed by atoms with Crippen molar-refractivity contribution in [3.8, 4) is 0 Å². The Bertz CT molecular complexity index is 1220. The van der Waals surface area contributed by atoms with Crippen LogP contribution in [-0.4, -0.2) is 62.8 Å². The number of amidine groups is 2. The Morgan fingerprint density at radius 1 is 0.667 bits per heavy atom. The van der Waals surface area contributed by atoms with E-state index >= 15 is 0 Å². The van der Waals surface area contributed by atoms with E-state index in [-0.39, 0.29) is 28.7 Å². The third kappa shape index (κ3) is 6.24. The minimum absolute atomic E-state index is 0. The quantitative estimate of drug-likeness (QED) is 0.109. The fourth-order valence-electron chi connectivity index (χ4n) is 3.23. The molecule has 211 valence electrons. The van der Waals surface area contributed by atoms with Gasteiger partial charge in [0.2, 0.25) is 11.1 Å². The van der Waals surface area contributed by atoms with Crippen molar-refractivity contribution in [3.05, 3.63) is 85.3 Å². The molecule has 0 fully saturated rings. The molecule has 16 nitrogen and oxygen atoms in total. The third-order valence-corrected chi connectivity index (χ3v) is 8.58. The van der Waals surface area contributed by atoms with Crippen LogP contribution in [0.5, 0.6) is 0 Å². The van der Waals surface area contributed by atoms with Crippen molar-refractivity contribution in [2.45, 2.75) is 77.5 Å². The van der Waals surface area contributed by atoms with Crippen molar-refractivity contribution in [1.82, 2.24) is 9.97 Å². The maximum atomic E-state index is 12.2. The molecule has 0 amide bonds. The van der Waals surface area contributed by atoms with E-state index < -0.39 is 22.2 Å². The van der Waals surface area contributed by atoms with Gasteiger partial charge in [-0.15, -0.1) is 32.2 Å². The summed E-state index contributed by atoms with van der Waals surface area (Å²) in [7, 11) is 0. The summed E-state index contributed by atoms with van der Waals surface area (Å²) in [5.74, 6) is 0.231. The monoisotopic (exact) mass is 619 g/mol. The molecule has 39 heavy (non-hydrogen) atoms. The van der Waals surface area contributed by atoms with Crippen molar-refractivity contribution in [2.75, 3.05) is 0 Å². The molecule has 0 spiro atoms. The summed E-state index contributed by atoms with van der Waals surface area (Å²) in [6.07, 6.45) is 3.18. The van der Waals surface area contributed by atoms with Gasteiger partial charge in [-0.3, -0.25) is 9.82 Å². The smallest absolute Gasteiger partial charge is 0.534 e. The van der Waals surface area contributed by atoms with Crippen LogP contribution < -0.4 is 0 Å². The Morgan fingerprint density at radius 2 is 0.923 bits per heavy atom. The van der Waals surface area contributed by atoms with Crippen molar-refractivity contribution in [3.63, 3.8) is 0 Å². The molecule has 0 unspecified atom stereocenters. The first-order valence-corrected chi connectivity index (χ1v) is 12.6. The summed E-state index contributed by atoms with van der Waals surface area (Å²) in [6, 6.07) is 0. The molecule has 2 aromatic heterocycles. The Kier molecular flexibility index (Phi) is 11.9. The molecule has 0 saturated heterocycles. The fraction of sp³-hybridized carbons (Fsp3) is 0.600. The molecule has 0 aliphatic carbocycles. The molecule has 4 rings (SSSR count). The molecule has 0 saturated carbocycles. The minimum atomic E-state index is -0.768. The maximum absolute atomic E-state index is 12.2. The summed E-state index contributed by atoms with van der Waals surface area (Å²) < 4.78 is 3.11. The molecule has 1 radical (unpaired) electrons. The summed E-state index contributed by atoms with van der Waals surface area (Å²) in [5, 5.41) is 28.8. The van der Waals surface area contributed by atoms with Crippen molar-refractivity contribution >= 4 is 34.3 Å². The van der Waals surface area contributed by atoms with E-state index in [2.05, 4.69) is 9.97 Å². The SMILES string of the molecule is CC1(C)[N+](=O)C(c2nccs2)=[N+]([O-])C1(C)C.CC1(C)[N+](=O)C(c2nccs2)=[N+]([O-])C1(C)C.[Mn].[N-]=[N+]=[N-].[N-]=[N+]=[N-]. The van der Waals surface area contributed by atoms with Gasteiger partial charge in [0, 0.05) is 105 Å². The number of hydroxylamine groups is 2. The number of nitroso groups, excluding NO2 is 2. The van der Waals surface area contributed by atoms with E-state index in [1.807, 2.05) is 0 Å². The molecule has 2 aliphatic rings. The minimum Gasteiger partial charge on any atom is -0.618 e. The molecule has 0 aromatic carbocycles. The maximum Gasteiger partial charge on any atom is 0.534 e. The Balaban J connectivity index is 0.000000604. The van der Waals surface area contributed by atoms with Crippen LogP contribution in [0.2, 0.25) is 0 Å². The van der Waals surface area contributed by atoms with Crippen LogP contribution in [0.4, 0.5) is 0 Å². The van der Waals surface area contributed by atoms with E-state index in [0.29, 0.717) is 10.0 Å². The predicted octanol–water partition coefficient (Wildman–Crippen LogP) is 5.23. The summed E-state index contributed by atoms with van der Waals surface area (Å²) in [4.78, 5) is 35.4. The number of aromatic nitrogens is 2. The van der Waals surface area contributed by atoms with E-state index in [1.165, 1.54) is 32.5 Å². The average Bonchev–Trinajstić information content (AvgIpc) is 3.58. The van der Waals surface area contributed by atoms with E-state index in [0.717, 1.165) is 19.0 Å². The fourth-order valence-corrected chi connectivity index (χ4v) is 4.52. The van der Waals surface area contributed by atoms with Crippen molar-refractivity contribution in [2.24, 2.45) is 0 Å². The molecule has 2 aliphatic heterocycles. The van der Waals surface area contributed by atoms with Gasteiger partial charge in [0.15, 0.2) is 0 Å². The molecule has 0 bridgehead atoms. The molecule has 19 heteroatoms. The third-order valence-electron chi connectivity index (χ3n) is 7.04. The largest absolute Gasteiger partial charge is 0.618 e. The Hall–Kier alpha value is -3.46. The first-order valence-electron chi connectivity index (χ1n) is 10.8. The number of thiazole rings is 2. The second-order valence-electron chi connectivity index (χ2n) is 9.91. The van der Waals surface area contributed by atoms with E-state index in [1.54, 1.807) is 78.5 Å². The number of nitrogens with zero attached hydrogens (tertiary/aromatic N) is 12. The molecule has 4 heterocycles. The van der Waals surface area contributed by atoms with Crippen LogP contribution in [0.1, 0.15) is 65.4 Å². The summed E-state index contributed by atoms with van der Waals surface area (Å²) in [5.41, 5.74) is 23.9. The number of hydrogen-bond donors (Lipinski definition) is 0. The first-order chi connectivity index (χ1) is 17.4. The molecule has 0 atom stereocenters.